The molecule has 4 rings (SSSR count). The van der Waals surface area contributed by atoms with Crippen molar-refractivity contribution in [3.05, 3.63) is 58.2 Å². The Kier molecular flexibility index (Phi) is 5.03. The molecule has 2 unspecified atom stereocenters. The molecule has 1 fully saturated rings. The van der Waals surface area contributed by atoms with Gasteiger partial charge in [-0.25, -0.2) is 4.79 Å². The molecule has 0 aliphatic carbocycles. The summed E-state index contributed by atoms with van der Waals surface area (Å²) < 4.78 is 0. The van der Waals surface area contributed by atoms with Crippen LogP contribution in [0.3, 0.4) is 0 Å². The van der Waals surface area contributed by atoms with Crippen molar-refractivity contribution >= 4 is 40.9 Å². The number of aliphatic carboxylic acids is 1. The van der Waals surface area contributed by atoms with Gasteiger partial charge in [-0.05, 0) is 24.4 Å². The number of amides is 2. The first kappa shape index (κ1) is 18.8. The van der Waals surface area contributed by atoms with Crippen molar-refractivity contribution in [2.75, 3.05) is 6.54 Å². The fourth-order valence-corrected chi connectivity index (χ4v) is 5.76. The van der Waals surface area contributed by atoms with Crippen LogP contribution in [0.15, 0.2) is 53.3 Å². The topological polar surface area (TPSA) is 90.0 Å². The van der Waals surface area contributed by atoms with E-state index in [2.05, 4.69) is 5.32 Å². The Labute approximate surface area is 170 Å². The van der Waals surface area contributed by atoms with Crippen LogP contribution in [-0.2, 0) is 20.8 Å². The first-order valence-corrected chi connectivity index (χ1v) is 10.7. The van der Waals surface area contributed by atoms with Crippen molar-refractivity contribution < 1.29 is 19.5 Å². The fourth-order valence-electron chi connectivity index (χ4n) is 3.59. The van der Waals surface area contributed by atoms with E-state index in [1.807, 2.05) is 53.8 Å². The molecule has 9 heteroatoms. The molecule has 3 aliphatic rings. The van der Waals surface area contributed by atoms with E-state index in [0.717, 1.165) is 4.88 Å². The van der Waals surface area contributed by atoms with E-state index in [0.29, 0.717) is 12.2 Å². The van der Waals surface area contributed by atoms with E-state index in [4.69, 9.17) is 0 Å². The highest BCUT2D eigenvalue weighted by atomic mass is 32.2. The highest BCUT2D eigenvalue weighted by Gasteiger charge is 2.56. The predicted molar refractivity (Wildman–Crippen MR) is 107 cm³/mol. The van der Waals surface area contributed by atoms with Crippen LogP contribution in [0.4, 0.5) is 0 Å². The molecule has 2 amide bonds. The summed E-state index contributed by atoms with van der Waals surface area (Å²) in [6, 6.07) is 3.04. The van der Waals surface area contributed by atoms with Gasteiger partial charge in [-0.15, -0.1) is 23.1 Å². The summed E-state index contributed by atoms with van der Waals surface area (Å²) >= 11 is 2.98. The highest BCUT2D eigenvalue weighted by Crippen LogP contribution is 2.45. The number of fused-ring (bicyclic) bond motifs is 1. The summed E-state index contributed by atoms with van der Waals surface area (Å²) in [5, 5.41) is 14.0. The van der Waals surface area contributed by atoms with Crippen LogP contribution in [0.1, 0.15) is 11.8 Å². The number of carboxylic acid groups (broad SMARTS) is 1. The van der Waals surface area contributed by atoms with Gasteiger partial charge in [0.2, 0.25) is 5.91 Å². The molecule has 4 heterocycles. The Morgan fingerprint density at radius 1 is 1.36 bits per heavy atom. The number of carboxylic acids is 1. The summed E-state index contributed by atoms with van der Waals surface area (Å²) in [4.78, 5) is 41.1. The number of nitrogens with one attached hydrogen (secondary N) is 1. The molecule has 2 N–H and O–H groups in total. The SMILES string of the molecule is CC1S[C@@H]2C(NC(=O)Cc3cccs3)C(=O)N2C(C(=O)O)=C1N1C=CC=CC1. The van der Waals surface area contributed by atoms with Gasteiger partial charge in [-0.3, -0.25) is 14.5 Å². The van der Waals surface area contributed by atoms with Gasteiger partial charge in [0.25, 0.3) is 5.91 Å². The highest BCUT2D eigenvalue weighted by molar-refractivity contribution is 8.00. The van der Waals surface area contributed by atoms with Gasteiger partial charge in [0, 0.05) is 22.9 Å². The molecule has 0 aromatic carbocycles. The Hall–Kier alpha value is -2.52. The van der Waals surface area contributed by atoms with E-state index < -0.39 is 17.4 Å². The lowest BCUT2D eigenvalue weighted by Gasteiger charge is -2.52. The normalized spacial score (nSPS) is 26.2. The zero-order valence-corrected chi connectivity index (χ0v) is 16.7. The number of allylic oxidation sites excluding steroid dienone is 2. The molecule has 146 valence electrons. The first-order chi connectivity index (χ1) is 13.5. The lowest BCUT2D eigenvalue weighted by molar-refractivity contribution is -0.151. The van der Waals surface area contributed by atoms with Gasteiger partial charge < -0.3 is 15.3 Å². The van der Waals surface area contributed by atoms with E-state index in [1.54, 1.807) is 0 Å². The van der Waals surface area contributed by atoms with Crippen LogP contribution in [0.2, 0.25) is 0 Å². The van der Waals surface area contributed by atoms with Gasteiger partial charge in [0.15, 0.2) is 5.70 Å². The summed E-state index contributed by atoms with van der Waals surface area (Å²) in [6.07, 6.45) is 7.70. The molecule has 3 aliphatic heterocycles. The molecule has 1 saturated heterocycles. The van der Waals surface area contributed by atoms with Crippen LogP contribution in [0.5, 0.6) is 0 Å². The van der Waals surface area contributed by atoms with Gasteiger partial charge in [-0.2, -0.15) is 0 Å². The summed E-state index contributed by atoms with van der Waals surface area (Å²) in [7, 11) is 0. The zero-order chi connectivity index (χ0) is 19.8. The Balaban J connectivity index is 1.55. The zero-order valence-electron chi connectivity index (χ0n) is 15.1. The maximum Gasteiger partial charge on any atom is 0.354 e. The van der Waals surface area contributed by atoms with Crippen LogP contribution < -0.4 is 5.32 Å². The second kappa shape index (κ2) is 7.48. The molecule has 0 bridgehead atoms. The second-order valence-corrected chi connectivity index (χ2v) is 9.13. The van der Waals surface area contributed by atoms with Crippen LogP contribution in [0.25, 0.3) is 0 Å². The number of carbonyl (C=O) groups is 3. The van der Waals surface area contributed by atoms with E-state index in [1.165, 1.54) is 28.0 Å². The quantitative estimate of drug-likeness (QED) is 0.710. The first-order valence-electron chi connectivity index (χ1n) is 8.85. The molecular weight excluding hydrogens is 398 g/mol. The molecule has 3 atom stereocenters. The maximum absolute atomic E-state index is 12.7. The third-order valence-electron chi connectivity index (χ3n) is 4.81. The van der Waals surface area contributed by atoms with Crippen LogP contribution in [-0.4, -0.2) is 55.9 Å². The van der Waals surface area contributed by atoms with E-state index in [9.17, 15) is 19.5 Å². The predicted octanol–water partition coefficient (Wildman–Crippen LogP) is 1.76. The number of thiophene rings is 1. The Morgan fingerprint density at radius 2 is 2.18 bits per heavy atom. The average Bonchev–Trinajstić information content (AvgIpc) is 3.18. The second-order valence-electron chi connectivity index (χ2n) is 6.64. The van der Waals surface area contributed by atoms with Crippen molar-refractivity contribution in [2.24, 2.45) is 0 Å². The molecular formula is C19H19N3O4S2. The molecule has 0 spiro atoms. The third-order valence-corrected chi connectivity index (χ3v) is 7.08. The van der Waals surface area contributed by atoms with Gasteiger partial charge in [-0.1, -0.05) is 18.2 Å². The largest absolute Gasteiger partial charge is 0.477 e. The van der Waals surface area contributed by atoms with E-state index >= 15 is 0 Å². The average molecular weight is 418 g/mol. The maximum atomic E-state index is 12.7. The number of carbonyl (C=O) groups excluding carboxylic acids is 2. The molecule has 0 radical (unpaired) electrons. The van der Waals surface area contributed by atoms with Gasteiger partial charge in [0.1, 0.15) is 11.4 Å². The molecule has 0 saturated carbocycles. The minimum absolute atomic E-state index is 0.00459. The van der Waals surface area contributed by atoms with Crippen molar-refractivity contribution in [3.8, 4) is 0 Å². The van der Waals surface area contributed by atoms with Crippen molar-refractivity contribution in [1.29, 1.82) is 0 Å². The van der Waals surface area contributed by atoms with Crippen molar-refractivity contribution in [1.82, 2.24) is 15.1 Å². The van der Waals surface area contributed by atoms with Crippen LogP contribution >= 0.6 is 23.1 Å². The van der Waals surface area contributed by atoms with Gasteiger partial charge in [0.05, 0.1) is 12.1 Å². The summed E-state index contributed by atoms with van der Waals surface area (Å²) in [5.74, 6) is -1.74. The molecule has 7 nitrogen and oxygen atoms in total. The van der Waals surface area contributed by atoms with Gasteiger partial charge >= 0.3 is 5.97 Å². The standard InChI is InChI=1S/C19H19N3O4S2/c1-11-15(21-7-3-2-4-8-21)16(19(25)26)22-17(24)14(18(22)28-11)20-13(23)10-12-6-5-9-27-12/h2-7,9,11,14,18H,8,10H2,1H3,(H,20,23)(H,25,26)/t11?,14?,18-/m1/s1. The lowest BCUT2D eigenvalue weighted by atomic mass is 10.0. The number of thioether (sulfide) groups is 1. The van der Waals surface area contributed by atoms with Crippen LogP contribution in [0, 0.1) is 0 Å². The number of rotatable bonds is 5. The Morgan fingerprint density at radius 3 is 2.82 bits per heavy atom. The number of nitrogens with zero attached hydrogens (tertiary/aromatic N) is 2. The number of hydrogen-bond donors (Lipinski definition) is 2. The van der Waals surface area contributed by atoms with Crippen molar-refractivity contribution in [2.45, 2.75) is 30.0 Å². The molecule has 28 heavy (non-hydrogen) atoms. The Bertz CT molecular complexity index is 906. The monoisotopic (exact) mass is 417 g/mol. The lowest BCUT2D eigenvalue weighted by Crippen LogP contribution is -2.71. The molecule has 1 aromatic heterocycles. The summed E-state index contributed by atoms with van der Waals surface area (Å²) in [6.45, 7) is 2.49. The molecule has 1 aromatic rings. The number of hydrogen-bond acceptors (Lipinski definition) is 6. The summed E-state index contributed by atoms with van der Waals surface area (Å²) in [5.41, 5.74) is 0.607. The third kappa shape index (κ3) is 3.24. The fraction of sp³-hybridized carbons (Fsp3) is 0.316. The van der Waals surface area contributed by atoms with Crippen molar-refractivity contribution in [3.63, 3.8) is 0 Å². The minimum Gasteiger partial charge on any atom is -0.477 e. The smallest absolute Gasteiger partial charge is 0.354 e. The number of β-lactam (4-membered cyclic amide) rings is 1. The minimum atomic E-state index is -1.13. The van der Waals surface area contributed by atoms with E-state index in [-0.39, 0.29) is 29.2 Å².